The summed E-state index contributed by atoms with van der Waals surface area (Å²) in [6.07, 6.45) is 2.68. The largest absolute Gasteiger partial charge is 0.461 e. The average molecular weight is 443 g/mol. The summed E-state index contributed by atoms with van der Waals surface area (Å²) >= 11 is 1.65. The fourth-order valence-corrected chi connectivity index (χ4v) is 5.57. The van der Waals surface area contributed by atoms with Crippen LogP contribution in [-0.2, 0) is 26.2 Å². The Balaban J connectivity index is 1.18. The monoisotopic (exact) mass is 442 g/mol. The molecule has 1 aromatic heterocycles. The zero-order valence-electron chi connectivity index (χ0n) is 16.3. The lowest BCUT2D eigenvalue weighted by Gasteiger charge is -2.04. The average Bonchev–Trinajstić information content (AvgIpc) is 3.27. The lowest BCUT2D eigenvalue weighted by atomic mass is 10.2. The molecule has 0 amide bonds. The summed E-state index contributed by atoms with van der Waals surface area (Å²) in [5.41, 5.74) is 1.65. The number of hydrogen-bond acceptors (Lipinski definition) is 6. The SMILES string of the molecule is O=C(CCCCCN=C1NS(=O)(=O)c2ccccc21)OCc1csc2ccccc12. The van der Waals surface area contributed by atoms with Crippen molar-refractivity contribution in [2.75, 3.05) is 6.54 Å². The molecule has 1 aliphatic heterocycles. The Labute approximate surface area is 179 Å². The molecular weight excluding hydrogens is 420 g/mol. The van der Waals surface area contributed by atoms with Gasteiger partial charge in [-0.25, -0.2) is 8.42 Å². The van der Waals surface area contributed by atoms with E-state index in [0.717, 1.165) is 30.2 Å². The van der Waals surface area contributed by atoms with Crippen molar-refractivity contribution in [2.24, 2.45) is 4.99 Å². The molecule has 0 bridgehead atoms. The molecule has 4 rings (SSSR count). The lowest BCUT2D eigenvalue weighted by Crippen LogP contribution is -2.22. The number of hydrogen-bond donors (Lipinski definition) is 1. The van der Waals surface area contributed by atoms with E-state index in [1.807, 2.05) is 23.6 Å². The van der Waals surface area contributed by atoms with E-state index in [9.17, 15) is 13.2 Å². The molecular formula is C22H22N2O4S2. The summed E-state index contributed by atoms with van der Waals surface area (Å²) in [6, 6.07) is 14.9. The van der Waals surface area contributed by atoms with Gasteiger partial charge in [-0.3, -0.25) is 14.5 Å². The van der Waals surface area contributed by atoms with E-state index in [0.29, 0.717) is 31.0 Å². The van der Waals surface area contributed by atoms with Crippen LogP contribution in [0.1, 0.15) is 36.8 Å². The Bertz CT molecular complexity index is 1200. The Morgan fingerprint density at radius 3 is 2.73 bits per heavy atom. The zero-order chi connectivity index (χ0) is 21.0. The number of fused-ring (bicyclic) bond motifs is 2. The number of thiophene rings is 1. The summed E-state index contributed by atoms with van der Waals surface area (Å²) in [7, 11) is -3.49. The molecule has 0 radical (unpaired) electrons. The molecule has 30 heavy (non-hydrogen) atoms. The van der Waals surface area contributed by atoms with Crippen LogP contribution in [-0.4, -0.2) is 26.8 Å². The first kappa shape index (κ1) is 20.6. The van der Waals surface area contributed by atoms with E-state index in [1.165, 1.54) is 4.70 Å². The molecule has 3 aromatic rings. The predicted octanol–water partition coefficient (Wildman–Crippen LogP) is 4.24. The van der Waals surface area contributed by atoms with Gasteiger partial charge in [0.25, 0.3) is 10.0 Å². The standard InChI is InChI=1S/C22H22N2O4S2/c25-21(28-14-16-15-29-19-10-5-3-8-17(16)19)12-2-1-7-13-23-22-18-9-4-6-11-20(18)30(26,27)24-22/h3-6,8-11,15H,1-2,7,12-14H2,(H,23,24). The third-order valence-electron chi connectivity index (χ3n) is 4.92. The quantitative estimate of drug-likeness (QED) is 0.418. The molecule has 0 unspecified atom stereocenters. The highest BCUT2D eigenvalue weighted by Gasteiger charge is 2.29. The molecule has 0 spiro atoms. The van der Waals surface area contributed by atoms with Crippen LogP contribution in [0.15, 0.2) is 63.8 Å². The maximum Gasteiger partial charge on any atom is 0.306 e. The number of nitrogens with one attached hydrogen (secondary N) is 1. The fraction of sp³-hybridized carbons (Fsp3) is 0.273. The molecule has 2 aromatic carbocycles. The number of benzene rings is 2. The zero-order valence-corrected chi connectivity index (χ0v) is 18.0. The van der Waals surface area contributed by atoms with Crippen LogP contribution >= 0.6 is 11.3 Å². The predicted molar refractivity (Wildman–Crippen MR) is 118 cm³/mol. The normalized spacial score (nSPS) is 15.8. The second-order valence-corrected chi connectivity index (χ2v) is 9.62. The van der Waals surface area contributed by atoms with Crippen molar-refractivity contribution in [3.05, 3.63) is 65.0 Å². The summed E-state index contributed by atoms with van der Waals surface area (Å²) < 4.78 is 33.2. The maximum absolute atomic E-state index is 12.0. The van der Waals surface area contributed by atoms with Gasteiger partial charge < -0.3 is 4.74 Å². The van der Waals surface area contributed by atoms with Crippen LogP contribution in [0.2, 0.25) is 0 Å². The highest BCUT2D eigenvalue weighted by Crippen LogP contribution is 2.26. The van der Waals surface area contributed by atoms with Crippen LogP contribution in [0, 0.1) is 0 Å². The number of carbonyl (C=O) groups is 1. The first-order valence-electron chi connectivity index (χ1n) is 9.82. The topological polar surface area (TPSA) is 84.8 Å². The highest BCUT2D eigenvalue weighted by atomic mass is 32.2. The summed E-state index contributed by atoms with van der Waals surface area (Å²) in [5, 5.41) is 3.17. The fourth-order valence-electron chi connectivity index (χ4n) is 3.38. The first-order chi connectivity index (χ1) is 14.5. The van der Waals surface area contributed by atoms with Crippen molar-refractivity contribution in [1.82, 2.24) is 4.72 Å². The minimum atomic E-state index is -3.49. The van der Waals surface area contributed by atoms with Crippen LogP contribution in [0.25, 0.3) is 10.1 Å². The molecule has 1 aliphatic rings. The van der Waals surface area contributed by atoms with Gasteiger partial charge in [0.1, 0.15) is 12.4 Å². The number of esters is 1. The van der Waals surface area contributed by atoms with Crippen molar-refractivity contribution in [1.29, 1.82) is 0 Å². The van der Waals surface area contributed by atoms with Crippen molar-refractivity contribution in [2.45, 2.75) is 37.2 Å². The van der Waals surface area contributed by atoms with E-state index in [1.54, 1.807) is 35.6 Å². The van der Waals surface area contributed by atoms with Gasteiger partial charge in [0.15, 0.2) is 0 Å². The van der Waals surface area contributed by atoms with Gasteiger partial charge in [-0.05, 0) is 41.8 Å². The van der Waals surface area contributed by atoms with Crippen molar-refractivity contribution in [3.8, 4) is 0 Å². The van der Waals surface area contributed by atoms with Gasteiger partial charge in [0.2, 0.25) is 0 Å². The molecule has 2 heterocycles. The first-order valence-corrected chi connectivity index (χ1v) is 12.2. The third-order valence-corrected chi connectivity index (χ3v) is 7.33. The second-order valence-electron chi connectivity index (χ2n) is 7.06. The Morgan fingerprint density at radius 2 is 1.83 bits per heavy atom. The lowest BCUT2D eigenvalue weighted by molar-refractivity contribution is -0.145. The van der Waals surface area contributed by atoms with Crippen molar-refractivity contribution >= 4 is 43.3 Å². The Morgan fingerprint density at radius 1 is 1.03 bits per heavy atom. The van der Waals surface area contributed by atoms with E-state index >= 15 is 0 Å². The van der Waals surface area contributed by atoms with Gasteiger partial charge in [0.05, 0.1) is 4.90 Å². The molecule has 0 saturated carbocycles. The summed E-state index contributed by atoms with van der Waals surface area (Å²) in [4.78, 5) is 16.7. The number of carbonyl (C=O) groups excluding carboxylic acids is 1. The van der Waals surface area contributed by atoms with Crippen molar-refractivity contribution < 1.29 is 17.9 Å². The molecule has 6 nitrogen and oxygen atoms in total. The van der Waals surface area contributed by atoms with Gasteiger partial charge >= 0.3 is 5.97 Å². The molecule has 156 valence electrons. The van der Waals surface area contributed by atoms with Crippen LogP contribution < -0.4 is 4.72 Å². The smallest absolute Gasteiger partial charge is 0.306 e. The van der Waals surface area contributed by atoms with E-state index in [2.05, 4.69) is 15.8 Å². The Kier molecular flexibility index (Phi) is 6.15. The van der Waals surface area contributed by atoms with Crippen LogP contribution in [0.3, 0.4) is 0 Å². The molecule has 8 heteroatoms. The number of ether oxygens (including phenoxy) is 1. The van der Waals surface area contributed by atoms with Crippen molar-refractivity contribution in [3.63, 3.8) is 0 Å². The van der Waals surface area contributed by atoms with Crippen LogP contribution in [0.4, 0.5) is 0 Å². The minimum Gasteiger partial charge on any atom is -0.461 e. The maximum atomic E-state index is 12.0. The number of nitrogens with zero attached hydrogens (tertiary/aromatic N) is 1. The number of sulfonamides is 1. The number of unbranched alkanes of at least 4 members (excludes halogenated alkanes) is 2. The highest BCUT2D eigenvalue weighted by molar-refractivity contribution is 7.90. The Hall–Kier alpha value is -2.71. The van der Waals surface area contributed by atoms with Gasteiger partial charge in [-0.2, -0.15) is 0 Å². The number of amidine groups is 1. The van der Waals surface area contributed by atoms with Gasteiger partial charge in [0, 0.05) is 28.8 Å². The number of aliphatic imine (C=N–C) groups is 1. The molecule has 0 fully saturated rings. The summed E-state index contributed by atoms with van der Waals surface area (Å²) in [5.74, 6) is 0.196. The molecule has 1 N–H and O–H groups in total. The number of rotatable bonds is 8. The van der Waals surface area contributed by atoms with E-state index in [4.69, 9.17) is 4.74 Å². The third kappa shape index (κ3) is 4.55. The van der Waals surface area contributed by atoms with Gasteiger partial charge in [-0.1, -0.05) is 36.8 Å². The van der Waals surface area contributed by atoms with E-state index in [-0.39, 0.29) is 10.9 Å². The summed E-state index contributed by atoms with van der Waals surface area (Å²) in [6.45, 7) is 0.804. The molecule has 0 aliphatic carbocycles. The molecule has 0 saturated heterocycles. The second kappa shape index (κ2) is 8.97. The minimum absolute atomic E-state index is 0.200. The van der Waals surface area contributed by atoms with Gasteiger partial charge in [-0.15, -0.1) is 11.3 Å². The van der Waals surface area contributed by atoms with E-state index < -0.39 is 10.0 Å². The molecule has 0 atom stereocenters. The van der Waals surface area contributed by atoms with Crippen LogP contribution in [0.5, 0.6) is 0 Å².